The first-order chi connectivity index (χ1) is 9.38. The van der Waals surface area contributed by atoms with E-state index in [1.165, 1.54) is 12.3 Å². The minimum Gasteiger partial charge on any atom is -0.478 e. The zero-order chi connectivity index (χ0) is 14.9. The molecule has 0 fully saturated rings. The summed E-state index contributed by atoms with van der Waals surface area (Å²) >= 11 is 3.04. The van der Waals surface area contributed by atoms with Crippen LogP contribution in [0.1, 0.15) is 10.4 Å². The first-order valence-electron chi connectivity index (χ1n) is 5.19. The molecule has 0 aliphatic rings. The van der Waals surface area contributed by atoms with E-state index >= 15 is 0 Å². The van der Waals surface area contributed by atoms with Crippen molar-refractivity contribution >= 4 is 33.4 Å². The summed E-state index contributed by atoms with van der Waals surface area (Å²) in [5.41, 5.74) is -0.816. The number of aromatic nitrogens is 1. The van der Waals surface area contributed by atoms with E-state index in [4.69, 9.17) is 5.11 Å². The molecule has 2 rings (SSSR count). The molecule has 0 amide bonds. The SMILES string of the molecule is O=C(O)c1cc(Br)cnc1Nc1cc(F)cc(F)c1F. The second-order valence-corrected chi connectivity index (χ2v) is 4.64. The van der Waals surface area contributed by atoms with Crippen LogP contribution in [0.15, 0.2) is 28.9 Å². The lowest BCUT2D eigenvalue weighted by Gasteiger charge is -2.10. The number of nitrogens with one attached hydrogen (secondary N) is 1. The molecule has 104 valence electrons. The van der Waals surface area contributed by atoms with Gasteiger partial charge in [0.05, 0.1) is 5.69 Å². The number of halogens is 4. The van der Waals surface area contributed by atoms with Crippen LogP contribution in [0.2, 0.25) is 0 Å². The van der Waals surface area contributed by atoms with Crippen LogP contribution in [0.3, 0.4) is 0 Å². The van der Waals surface area contributed by atoms with E-state index in [0.717, 1.165) is 0 Å². The molecule has 1 heterocycles. The van der Waals surface area contributed by atoms with Crippen LogP contribution in [0.4, 0.5) is 24.7 Å². The third-order valence-electron chi connectivity index (χ3n) is 2.33. The van der Waals surface area contributed by atoms with Crippen molar-refractivity contribution in [2.75, 3.05) is 5.32 Å². The van der Waals surface area contributed by atoms with Crippen LogP contribution in [-0.4, -0.2) is 16.1 Å². The summed E-state index contributed by atoms with van der Waals surface area (Å²) < 4.78 is 40.0. The molecule has 20 heavy (non-hydrogen) atoms. The van der Waals surface area contributed by atoms with Crippen LogP contribution >= 0.6 is 15.9 Å². The van der Waals surface area contributed by atoms with Crippen molar-refractivity contribution in [3.8, 4) is 0 Å². The van der Waals surface area contributed by atoms with Crippen LogP contribution in [0.25, 0.3) is 0 Å². The lowest BCUT2D eigenvalue weighted by atomic mass is 10.2. The fourth-order valence-electron chi connectivity index (χ4n) is 1.48. The molecule has 0 saturated carbocycles. The predicted molar refractivity (Wildman–Crippen MR) is 68.5 cm³/mol. The van der Waals surface area contributed by atoms with Gasteiger partial charge >= 0.3 is 5.97 Å². The van der Waals surface area contributed by atoms with Crippen molar-refractivity contribution in [1.29, 1.82) is 0 Å². The van der Waals surface area contributed by atoms with Gasteiger partial charge in [0.2, 0.25) is 0 Å². The molecule has 8 heteroatoms. The molecule has 0 radical (unpaired) electrons. The van der Waals surface area contributed by atoms with Gasteiger partial charge in [0.1, 0.15) is 17.2 Å². The molecule has 0 aliphatic heterocycles. The molecule has 2 aromatic rings. The summed E-state index contributed by atoms with van der Waals surface area (Å²) in [7, 11) is 0. The number of rotatable bonds is 3. The standard InChI is InChI=1S/C12H6BrF3N2O2/c13-5-1-7(12(19)20)11(17-4-5)18-9-3-6(14)2-8(15)10(9)16/h1-4H,(H,17,18)(H,19,20). The summed E-state index contributed by atoms with van der Waals surface area (Å²) in [5, 5.41) is 11.3. The zero-order valence-corrected chi connectivity index (χ0v) is 11.2. The first kappa shape index (κ1) is 14.3. The summed E-state index contributed by atoms with van der Waals surface area (Å²) in [6.07, 6.45) is 1.27. The van der Waals surface area contributed by atoms with Crippen molar-refractivity contribution in [3.05, 3.63) is 51.9 Å². The van der Waals surface area contributed by atoms with E-state index in [9.17, 15) is 18.0 Å². The van der Waals surface area contributed by atoms with E-state index in [2.05, 4.69) is 26.2 Å². The van der Waals surface area contributed by atoms with Gasteiger partial charge in [-0.2, -0.15) is 0 Å². The van der Waals surface area contributed by atoms with Gasteiger partial charge in [0, 0.05) is 22.8 Å². The molecule has 0 bridgehead atoms. The summed E-state index contributed by atoms with van der Waals surface area (Å²) in [6, 6.07) is 2.31. The average molecular weight is 347 g/mol. The highest BCUT2D eigenvalue weighted by Crippen LogP contribution is 2.25. The van der Waals surface area contributed by atoms with E-state index in [-0.39, 0.29) is 11.4 Å². The molecule has 1 aromatic heterocycles. The Hall–Kier alpha value is -2.09. The second kappa shape index (κ2) is 5.49. The maximum absolute atomic E-state index is 13.5. The third-order valence-corrected chi connectivity index (χ3v) is 2.76. The number of carboxylic acids is 1. The number of carbonyl (C=O) groups is 1. The molecular weight excluding hydrogens is 341 g/mol. The topological polar surface area (TPSA) is 62.2 Å². The van der Waals surface area contributed by atoms with Crippen LogP contribution in [-0.2, 0) is 0 Å². The van der Waals surface area contributed by atoms with Gasteiger partial charge < -0.3 is 10.4 Å². The molecule has 0 saturated heterocycles. The fourth-order valence-corrected chi connectivity index (χ4v) is 1.81. The Morgan fingerprint density at radius 3 is 2.60 bits per heavy atom. The Bertz CT molecular complexity index is 695. The highest BCUT2D eigenvalue weighted by Gasteiger charge is 2.16. The number of nitrogens with zero attached hydrogens (tertiary/aromatic N) is 1. The van der Waals surface area contributed by atoms with E-state index in [1.807, 2.05) is 0 Å². The monoisotopic (exact) mass is 346 g/mol. The molecule has 0 unspecified atom stereocenters. The number of hydrogen-bond acceptors (Lipinski definition) is 3. The largest absolute Gasteiger partial charge is 0.478 e. The molecule has 0 atom stereocenters. The summed E-state index contributed by atoms with van der Waals surface area (Å²) in [6.45, 7) is 0. The summed E-state index contributed by atoms with van der Waals surface area (Å²) in [4.78, 5) is 14.8. The smallest absolute Gasteiger partial charge is 0.339 e. The third kappa shape index (κ3) is 2.90. The van der Waals surface area contributed by atoms with E-state index < -0.39 is 29.1 Å². The molecule has 1 aromatic carbocycles. The highest BCUT2D eigenvalue weighted by atomic mass is 79.9. The quantitative estimate of drug-likeness (QED) is 0.831. The van der Waals surface area contributed by atoms with Gasteiger partial charge in [-0.1, -0.05) is 0 Å². The maximum Gasteiger partial charge on any atom is 0.339 e. The number of anilines is 2. The van der Waals surface area contributed by atoms with Crippen LogP contribution < -0.4 is 5.32 Å². The van der Waals surface area contributed by atoms with Crippen LogP contribution in [0, 0.1) is 17.5 Å². The number of benzene rings is 1. The molecule has 0 spiro atoms. The van der Waals surface area contributed by atoms with E-state index in [1.54, 1.807) is 0 Å². The number of aromatic carboxylic acids is 1. The molecule has 2 N–H and O–H groups in total. The number of carboxylic acid groups (broad SMARTS) is 1. The molecule has 0 aliphatic carbocycles. The van der Waals surface area contributed by atoms with Gasteiger partial charge in [-0.05, 0) is 22.0 Å². The normalized spacial score (nSPS) is 10.4. The summed E-state index contributed by atoms with van der Waals surface area (Å²) in [5.74, 6) is -5.27. The molecule has 4 nitrogen and oxygen atoms in total. The first-order valence-corrected chi connectivity index (χ1v) is 5.98. The zero-order valence-electron chi connectivity index (χ0n) is 9.62. The van der Waals surface area contributed by atoms with Crippen LogP contribution in [0.5, 0.6) is 0 Å². The van der Waals surface area contributed by atoms with Gasteiger partial charge in [-0.3, -0.25) is 0 Å². The van der Waals surface area contributed by atoms with Gasteiger partial charge in [0.25, 0.3) is 0 Å². The maximum atomic E-state index is 13.5. The predicted octanol–water partition coefficient (Wildman–Crippen LogP) is 3.70. The van der Waals surface area contributed by atoms with Gasteiger partial charge in [0.15, 0.2) is 11.6 Å². The molecular formula is C12H6BrF3N2O2. The Labute approximate surface area is 119 Å². The minimum atomic E-state index is -1.39. The van der Waals surface area contributed by atoms with Crippen molar-refractivity contribution < 1.29 is 23.1 Å². The van der Waals surface area contributed by atoms with Crippen molar-refractivity contribution in [3.63, 3.8) is 0 Å². The van der Waals surface area contributed by atoms with Crippen molar-refractivity contribution in [1.82, 2.24) is 4.98 Å². The highest BCUT2D eigenvalue weighted by molar-refractivity contribution is 9.10. The average Bonchev–Trinajstić information content (AvgIpc) is 2.37. The van der Waals surface area contributed by atoms with Crippen molar-refractivity contribution in [2.45, 2.75) is 0 Å². The van der Waals surface area contributed by atoms with Crippen molar-refractivity contribution in [2.24, 2.45) is 0 Å². The van der Waals surface area contributed by atoms with E-state index in [0.29, 0.717) is 16.6 Å². The van der Waals surface area contributed by atoms with Gasteiger partial charge in [-0.25, -0.2) is 22.9 Å². The Morgan fingerprint density at radius 2 is 1.95 bits per heavy atom. The Kier molecular flexibility index (Phi) is 3.93. The fraction of sp³-hybridized carbons (Fsp3) is 0. The van der Waals surface area contributed by atoms with Gasteiger partial charge in [-0.15, -0.1) is 0 Å². The lowest BCUT2D eigenvalue weighted by Crippen LogP contribution is -2.06. The Balaban J connectivity index is 2.48. The number of pyridine rings is 1. The minimum absolute atomic E-state index is 0.232. The number of hydrogen-bond donors (Lipinski definition) is 2. The lowest BCUT2D eigenvalue weighted by molar-refractivity contribution is 0.0697. The second-order valence-electron chi connectivity index (χ2n) is 3.73. The Morgan fingerprint density at radius 1 is 1.25 bits per heavy atom.